The number of hydrogen-bond donors (Lipinski definition) is 2. The molecular formula is C12H14FN3OS. The van der Waals surface area contributed by atoms with E-state index in [0.29, 0.717) is 17.2 Å². The fourth-order valence-electron chi connectivity index (χ4n) is 2.07. The number of likely N-dealkylation sites (tertiary alicyclic amines) is 1. The van der Waals surface area contributed by atoms with Gasteiger partial charge in [0.15, 0.2) is 0 Å². The van der Waals surface area contributed by atoms with Gasteiger partial charge in [0, 0.05) is 12.2 Å². The summed E-state index contributed by atoms with van der Waals surface area (Å²) in [5.74, 6) is -0.389. The highest BCUT2D eigenvalue weighted by atomic mass is 32.1. The molecule has 1 saturated heterocycles. The summed E-state index contributed by atoms with van der Waals surface area (Å²) >= 11 is 4.93. The van der Waals surface area contributed by atoms with Crippen LogP contribution in [0.4, 0.5) is 14.9 Å². The maximum atomic E-state index is 13.0. The maximum absolute atomic E-state index is 13.0. The molecule has 1 unspecified atom stereocenters. The summed E-state index contributed by atoms with van der Waals surface area (Å²) in [4.78, 5) is 13.9. The molecule has 18 heavy (non-hydrogen) atoms. The van der Waals surface area contributed by atoms with Crippen LogP contribution in [0, 0.1) is 5.82 Å². The second-order valence-corrected chi connectivity index (χ2v) is 4.67. The van der Waals surface area contributed by atoms with E-state index in [4.69, 9.17) is 18.0 Å². The smallest absolute Gasteiger partial charge is 0.322 e. The van der Waals surface area contributed by atoms with E-state index in [0.717, 1.165) is 12.8 Å². The van der Waals surface area contributed by atoms with Crippen LogP contribution in [0.25, 0.3) is 0 Å². The van der Waals surface area contributed by atoms with Crippen LogP contribution in [0.5, 0.6) is 0 Å². The fraction of sp³-hybridized carbons (Fsp3) is 0.333. The normalized spacial score (nSPS) is 18.7. The van der Waals surface area contributed by atoms with Gasteiger partial charge >= 0.3 is 6.03 Å². The topological polar surface area (TPSA) is 58.4 Å². The van der Waals surface area contributed by atoms with Gasteiger partial charge in [-0.05, 0) is 31.0 Å². The summed E-state index contributed by atoms with van der Waals surface area (Å²) in [7, 11) is 0. The number of carbonyl (C=O) groups is 1. The number of halogens is 1. The lowest BCUT2D eigenvalue weighted by Crippen LogP contribution is -2.44. The Bertz CT molecular complexity index is 480. The first-order valence-corrected chi connectivity index (χ1v) is 6.11. The van der Waals surface area contributed by atoms with E-state index in [1.807, 2.05) is 0 Å². The predicted octanol–water partition coefficient (Wildman–Crippen LogP) is 2.11. The number of nitrogens with one attached hydrogen (secondary N) is 1. The Labute approximate surface area is 110 Å². The Balaban J connectivity index is 2.06. The van der Waals surface area contributed by atoms with E-state index in [1.165, 1.54) is 12.1 Å². The van der Waals surface area contributed by atoms with Crippen molar-refractivity contribution in [2.24, 2.45) is 5.73 Å². The summed E-state index contributed by atoms with van der Waals surface area (Å²) in [6, 6.07) is 5.27. The van der Waals surface area contributed by atoms with Crippen molar-refractivity contribution < 1.29 is 9.18 Å². The summed E-state index contributed by atoms with van der Waals surface area (Å²) in [6.45, 7) is 0.614. The number of nitrogens with zero attached hydrogens (tertiary/aromatic N) is 1. The van der Waals surface area contributed by atoms with Gasteiger partial charge in [-0.15, -0.1) is 0 Å². The van der Waals surface area contributed by atoms with Crippen LogP contribution >= 0.6 is 12.2 Å². The molecule has 3 N–H and O–H groups in total. The van der Waals surface area contributed by atoms with Crippen molar-refractivity contribution >= 4 is 28.9 Å². The molecular weight excluding hydrogens is 253 g/mol. The lowest BCUT2D eigenvalue weighted by atomic mass is 10.2. The molecule has 0 aliphatic carbocycles. The van der Waals surface area contributed by atoms with E-state index in [9.17, 15) is 9.18 Å². The number of anilines is 1. The number of urea groups is 1. The fourth-order valence-corrected chi connectivity index (χ4v) is 2.31. The Morgan fingerprint density at radius 2 is 2.33 bits per heavy atom. The molecule has 6 heteroatoms. The van der Waals surface area contributed by atoms with Crippen molar-refractivity contribution in [2.45, 2.75) is 18.9 Å². The van der Waals surface area contributed by atoms with Gasteiger partial charge < -0.3 is 16.0 Å². The number of nitrogens with two attached hydrogens (primary N) is 1. The van der Waals surface area contributed by atoms with Crippen molar-refractivity contribution in [3.05, 3.63) is 30.1 Å². The molecule has 1 atom stereocenters. The summed E-state index contributed by atoms with van der Waals surface area (Å²) in [6.07, 6.45) is 1.66. The van der Waals surface area contributed by atoms with Crippen LogP contribution in [0.3, 0.4) is 0 Å². The first-order valence-electron chi connectivity index (χ1n) is 5.70. The van der Waals surface area contributed by atoms with Crippen molar-refractivity contribution in [1.29, 1.82) is 0 Å². The molecule has 1 aliphatic rings. The van der Waals surface area contributed by atoms with E-state index < -0.39 is 0 Å². The van der Waals surface area contributed by atoms with Crippen molar-refractivity contribution in [1.82, 2.24) is 4.90 Å². The number of benzene rings is 1. The zero-order valence-electron chi connectivity index (χ0n) is 9.73. The quantitative estimate of drug-likeness (QED) is 0.807. The predicted molar refractivity (Wildman–Crippen MR) is 71.9 cm³/mol. The highest BCUT2D eigenvalue weighted by Gasteiger charge is 2.30. The molecule has 1 fully saturated rings. The third-order valence-electron chi connectivity index (χ3n) is 2.92. The third kappa shape index (κ3) is 2.76. The SMILES string of the molecule is NC(=S)C1CCCN1C(=O)Nc1cccc(F)c1. The third-order valence-corrected chi connectivity index (χ3v) is 3.19. The second kappa shape index (κ2) is 5.30. The highest BCUT2D eigenvalue weighted by molar-refractivity contribution is 7.80. The van der Waals surface area contributed by atoms with Gasteiger partial charge in [-0.2, -0.15) is 0 Å². The first-order chi connectivity index (χ1) is 8.58. The minimum absolute atomic E-state index is 0.200. The van der Waals surface area contributed by atoms with Gasteiger partial charge in [0.05, 0.1) is 11.0 Å². The van der Waals surface area contributed by atoms with Gasteiger partial charge in [0.2, 0.25) is 0 Å². The molecule has 4 nitrogen and oxygen atoms in total. The lowest BCUT2D eigenvalue weighted by Gasteiger charge is -2.23. The average Bonchev–Trinajstić information content (AvgIpc) is 2.77. The highest BCUT2D eigenvalue weighted by Crippen LogP contribution is 2.19. The first kappa shape index (κ1) is 12.8. The molecule has 0 aromatic heterocycles. The van der Waals surface area contributed by atoms with Gasteiger partial charge in [0.25, 0.3) is 0 Å². The molecule has 0 spiro atoms. The lowest BCUT2D eigenvalue weighted by molar-refractivity contribution is 0.217. The second-order valence-electron chi connectivity index (χ2n) is 4.19. The van der Waals surface area contributed by atoms with Crippen LogP contribution in [-0.4, -0.2) is 28.5 Å². The average molecular weight is 267 g/mol. The van der Waals surface area contributed by atoms with E-state index in [-0.39, 0.29) is 17.9 Å². The molecule has 0 bridgehead atoms. The number of amides is 2. The maximum Gasteiger partial charge on any atom is 0.322 e. The molecule has 96 valence electrons. The van der Waals surface area contributed by atoms with Crippen LogP contribution in [0.2, 0.25) is 0 Å². The minimum atomic E-state index is -0.389. The number of rotatable bonds is 2. The van der Waals surface area contributed by atoms with Crippen molar-refractivity contribution in [3.8, 4) is 0 Å². The van der Waals surface area contributed by atoms with Crippen molar-refractivity contribution in [2.75, 3.05) is 11.9 Å². The molecule has 1 heterocycles. The summed E-state index contributed by atoms with van der Waals surface area (Å²) < 4.78 is 13.0. The van der Waals surface area contributed by atoms with Gasteiger partial charge in [-0.3, -0.25) is 0 Å². The molecule has 0 saturated carbocycles. The Kier molecular flexibility index (Phi) is 3.76. The molecule has 2 rings (SSSR count). The van der Waals surface area contributed by atoms with Gasteiger partial charge in [-0.25, -0.2) is 9.18 Å². The molecule has 1 aromatic rings. The Morgan fingerprint density at radius 1 is 1.56 bits per heavy atom. The number of hydrogen-bond acceptors (Lipinski definition) is 2. The largest absolute Gasteiger partial charge is 0.392 e. The van der Waals surface area contributed by atoms with Crippen LogP contribution in [0.15, 0.2) is 24.3 Å². The molecule has 2 amide bonds. The van der Waals surface area contributed by atoms with Crippen LogP contribution in [0.1, 0.15) is 12.8 Å². The van der Waals surface area contributed by atoms with E-state index in [2.05, 4.69) is 5.32 Å². The summed E-state index contributed by atoms with van der Waals surface area (Å²) in [5, 5.41) is 2.64. The molecule has 0 radical (unpaired) electrons. The number of carbonyl (C=O) groups excluding carboxylic acids is 1. The van der Waals surface area contributed by atoms with Gasteiger partial charge in [0.1, 0.15) is 5.82 Å². The van der Waals surface area contributed by atoms with Gasteiger partial charge in [-0.1, -0.05) is 18.3 Å². The zero-order valence-corrected chi connectivity index (χ0v) is 10.5. The van der Waals surface area contributed by atoms with Crippen LogP contribution in [-0.2, 0) is 0 Å². The van der Waals surface area contributed by atoms with Crippen molar-refractivity contribution in [3.63, 3.8) is 0 Å². The zero-order chi connectivity index (χ0) is 13.1. The molecule has 1 aromatic carbocycles. The van der Waals surface area contributed by atoms with Crippen LogP contribution < -0.4 is 11.1 Å². The monoisotopic (exact) mass is 267 g/mol. The Hall–Kier alpha value is -1.69. The van der Waals surface area contributed by atoms with E-state index in [1.54, 1.807) is 17.0 Å². The minimum Gasteiger partial charge on any atom is -0.392 e. The summed E-state index contributed by atoms with van der Waals surface area (Å²) in [5.41, 5.74) is 6.02. The number of thiocarbonyl (C=S) groups is 1. The van der Waals surface area contributed by atoms with E-state index >= 15 is 0 Å². The Morgan fingerprint density at radius 3 is 3.00 bits per heavy atom. The molecule has 1 aliphatic heterocycles. The standard InChI is InChI=1S/C12H14FN3OS/c13-8-3-1-4-9(7-8)15-12(17)16-6-2-5-10(16)11(14)18/h1,3-4,7,10H,2,5-6H2,(H2,14,18)(H,15,17).